The molecule has 1 N–H and O–H groups in total. The minimum atomic E-state index is -0.403. The van der Waals surface area contributed by atoms with Gasteiger partial charge in [-0.3, -0.25) is 10.3 Å². The second-order valence-corrected chi connectivity index (χ2v) is 2.16. The van der Waals surface area contributed by atoms with Gasteiger partial charge in [0.2, 0.25) is 0 Å². The highest BCUT2D eigenvalue weighted by Gasteiger charge is 2.32. The number of cyclic esters (lactones) is 1. The highest BCUT2D eigenvalue weighted by molar-refractivity contribution is 6.01. The first-order chi connectivity index (χ1) is 4.66. The molecule has 0 saturated carbocycles. The molecule has 0 spiro atoms. The lowest BCUT2D eigenvalue weighted by atomic mass is 10.3. The SMILES string of the molecule is CCN1C(=N)C(C)OC1=O. The van der Waals surface area contributed by atoms with Gasteiger partial charge in [-0.05, 0) is 13.8 Å². The number of nitrogens with zero attached hydrogens (tertiary/aromatic N) is 1. The van der Waals surface area contributed by atoms with Crippen molar-refractivity contribution in [1.82, 2.24) is 4.90 Å². The Hall–Kier alpha value is -1.06. The standard InChI is InChI=1S/C6H10N2O2/c1-3-8-5(7)4(2)10-6(8)9/h4,7H,3H2,1-2H3. The third-order valence-electron chi connectivity index (χ3n) is 1.49. The van der Waals surface area contributed by atoms with Crippen LogP contribution in [0.4, 0.5) is 4.79 Å². The number of amides is 1. The van der Waals surface area contributed by atoms with Crippen molar-refractivity contribution in [3.05, 3.63) is 0 Å². The quantitative estimate of drug-likeness (QED) is 0.589. The number of rotatable bonds is 1. The van der Waals surface area contributed by atoms with E-state index in [9.17, 15) is 4.79 Å². The molecule has 1 aliphatic heterocycles. The zero-order chi connectivity index (χ0) is 7.72. The summed E-state index contributed by atoms with van der Waals surface area (Å²) in [5, 5.41) is 7.32. The predicted molar refractivity (Wildman–Crippen MR) is 36.0 cm³/mol. The van der Waals surface area contributed by atoms with Gasteiger partial charge >= 0.3 is 6.09 Å². The molecule has 0 bridgehead atoms. The van der Waals surface area contributed by atoms with Crippen LogP contribution in [0, 0.1) is 5.41 Å². The summed E-state index contributed by atoms with van der Waals surface area (Å²) < 4.78 is 4.74. The van der Waals surface area contributed by atoms with Crippen molar-refractivity contribution in [2.45, 2.75) is 20.0 Å². The lowest BCUT2D eigenvalue weighted by Crippen LogP contribution is -2.29. The molecular formula is C6H10N2O2. The van der Waals surface area contributed by atoms with E-state index in [1.54, 1.807) is 6.92 Å². The van der Waals surface area contributed by atoms with Crippen molar-refractivity contribution >= 4 is 11.9 Å². The Morgan fingerprint density at radius 3 is 2.60 bits per heavy atom. The van der Waals surface area contributed by atoms with Gasteiger partial charge in [-0.2, -0.15) is 0 Å². The molecule has 0 aliphatic carbocycles. The third-order valence-corrected chi connectivity index (χ3v) is 1.49. The summed E-state index contributed by atoms with van der Waals surface area (Å²) in [5.74, 6) is 0.257. The molecule has 1 heterocycles. The van der Waals surface area contributed by atoms with Crippen LogP contribution in [0.1, 0.15) is 13.8 Å². The van der Waals surface area contributed by atoms with Crippen LogP contribution >= 0.6 is 0 Å². The average Bonchev–Trinajstić information content (AvgIpc) is 2.09. The van der Waals surface area contributed by atoms with E-state index in [-0.39, 0.29) is 11.9 Å². The fraction of sp³-hybridized carbons (Fsp3) is 0.667. The first kappa shape index (κ1) is 7.05. The van der Waals surface area contributed by atoms with Gasteiger partial charge in [-0.1, -0.05) is 0 Å². The largest absolute Gasteiger partial charge is 0.438 e. The Kier molecular flexibility index (Phi) is 1.61. The zero-order valence-corrected chi connectivity index (χ0v) is 6.05. The summed E-state index contributed by atoms with van der Waals surface area (Å²) >= 11 is 0. The Labute approximate surface area is 59.3 Å². The Balaban J connectivity index is 2.74. The van der Waals surface area contributed by atoms with Gasteiger partial charge in [-0.15, -0.1) is 0 Å². The maximum absolute atomic E-state index is 10.8. The molecule has 1 aliphatic rings. The minimum absolute atomic E-state index is 0.257. The molecular weight excluding hydrogens is 132 g/mol. The highest BCUT2D eigenvalue weighted by atomic mass is 16.6. The summed E-state index contributed by atoms with van der Waals surface area (Å²) in [5.41, 5.74) is 0. The minimum Gasteiger partial charge on any atom is -0.438 e. The van der Waals surface area contributed by atoms with Gasteiger partial charge in [0.05, 0.1) is 0 Å². The van der Waals surface area contributed by atoms with Crippen LogP contribution in [0.25, 0.3) is 0 Å². The summed E-state index contributed by atoms with van der Waals surface area (Å²) in [4.78, 5) is 12.1. The molecule has 1 atom stereocenters. The van der Waals surface area contributed by atoms with Gasteiger partial charge in [0.15, 0.2) is 6.10 Å². The average molecular weight is 142 g/mol. The zero-order valence-electron chi connectivity index (χ0n) is 6.05. The molecule has 0 aromatic carbocycles. The van der Waals surface area contributed by atoms with E-state index in [0.29, 0.717) is 6.54 Å². The molecule has 0 radical (unpaired) electrons. The van der Waals surface area contributed by atoms with Crippen molar-refractivity contribution in [2.75, 3.05) is 6.54 Å². The topological polar surface area (TPSA) is 53.4 Å². The van der Waals surface area contributed by atoms with Crippen LogP contribution in [0.15, 0.2) is 0 Å². The lowest BCUT2D eigenvalue weighted by Gasteiger charge is -2.07. The second-order valence-electron chi connectivity index (χ2n) is 2.16. The molecule has 4 heteroatoms. The highest BCUT2D eigenvalue weighted by Crippen LogP contribution is 2.11. The smallest absolute Gasteiger partial charge is 0.416 e. The summed E-state index contributed by atoms with van der Waals surface area (Å²) in [6.45, 7) is 4.02. The van der Waals surface area contributed by atoms with Crippen molar-refractivity contribution in [3.8, 4) is 0 Å². The maximum atomic E-state index is 10.8. The van der Waals surface area contributed by atoms with E-state index in [1.165, 1.54) is 4.90 Å². The molecule has 1 amide bonds. The fourth-order valence-corrected chi connectivity index (χ4v) is 0.888. The monoisotopic (exact) mass is 142 g/mol. The fourth-order valence-electron chi connectivity index (χ4n) is 0.888. The van der Waals surface area contributed by atoms with E-state index < -0.39 is 6.09 Å². The molecule has 10 heavy (non-hydrogen) atoms. The van der Waals surface area contributed by atoms with Gasteiger partial charge < -0.3 is 4.74 Å². The van der Waals surface area contributed by atoms with Gasteiger partial charge in [0.1, 0.15) is 5.84 Å². The molecule has 4 nitrogen and oxygen atoms in total. The first-order valence-corrected chi connectivity index (χ1v) is 3.23. The van der Waals surface area contributed by atoms with Crippen LogP contribution in [-0.2, 0) is 4.74 Å². The number of carbonyl (C=O) groups excluding carboxylic acids is 1. The van der Waals surface area contributed by atoms with Crippen molar-refractivity contribution in [1.29, 1.82) is 5.41 Å². The Morgan fingerprint density at radius 2 is 2.40 bits per heavy atom. The van der Waals surface area contributed by atoms with Gasteiger partial charge in [-0.25, -0.2) is 4.79 Å². The van der Waals surface area contributed by atoms with E-state index in [4.69, 9.17) is 10.1 Å². The number of nitrogens with one attached hydrogen (secondary N) is 1. The summed E-state index contributed by atoms with van der Waals surface area (Å²) in [6, 6.07) is 0. The van der Waals surface area contributed by atoms with Gasteiger partial charge in [0, 0.05) is 6.54 Å². The van der Waals surface area contributed by atoms with Gasteiger partial charge in [0.25, 0.3) is 0 Å². The van der Waals surface area contributed by atoms with Crippen molar-refractivity contribution in [2.24, 2.45) is 0 Å². The number of likely N-dealkylation sites (N-methyl/N-ethyl adjacent to an activating group) is 1. The lowest BCUT2D eigenvalue weighted by molar-refractivity contribution is 0.140. The molecule has 1 fully saturated rings. The molecule has 1 saturated heterocycles. The number of hydrogen-bond donors (Lipinski definition) is 1. The maximum Gasteiger partial charge on any atom is 0.416 e. The van der Waals surface area contributed by atoms with Crippen LogP contribution in [-0.4, -0.2) is 29.5 Å². The van der Waals surface area contributed by atoms with E-state index in [0.717, 1.165) is 0 Å². The Morgan fingerprint density at radius 1 is 1.80 bits per heavy atom. The molecule has 0 aromatic rings. The number of amidine groups is 1. The first-order valence-electron chi connectivity index (χ1n) is 3.23. The molecule has 56 valence electrons. The third kappa shape index (κ3) is 0.853. The second kappa shape index (κ2) is 2.28. The molecule has 1 unspecified atom stereocenters. The predicted octanol–water partition coefficient (Wildman–Crippen LogP) is 0.824. The van der Waals surface area contributed by atoms with E-state index in [2.05, 4.69) is 0 Å². The van der Waals surface area contributed by atoms with Crippen LogP contribution < -0.4 is 0 Å². The van der Waals surface area contributed by atoms with Crippen molar-refractivity contribution < 1.29 is 9.53 Å². The van der Waals surface area contributed by atoms with Crippen LogP contribution in [0.2, 0.25) is 0 Å². The summed E-state index contributed by atoms with van der Waals surface area (Å²) in [6.07, 6.45) is -0.771. The number of carbonyl (C=O) groups is 1. The normalized spacial score (nSPS) is 25.4. The number of ether oxygens (including phenoxy) is 1. The van der Waals surface area contributed by atoms with Crippen LogP contribution in [0.5, 0.6) is 0 Å². The Bertz CT molecular complexity index is 179. The summed E-state index contributed by atoms with van der Waals surface area (Å²) in [7, 11) is 0. The van der Waals surface area contributed by atoms with Crippen LogP contribution in [0.3, 0.4) is 0 Å². The van der Waals surface area contributed by atoms with Crippen molar-refractivity contribution in [3.63, 3.8) is 0 Å². The molecule has 1 rings (SSSR count). The molecule has 0 aromatic heterocycles. The van der Waals surface area contributed by atoms with E-state index in [1.807, 2.05) is 6.92 Å². The number of hydrogen-bond acceptors (Lipinski definition) is 3. The van der Waals surface area contributed by atoms with E-state index >= 15 is 0 Å².